The largest absolute Gasteiger partial charge is 0.419 e. The molecular formula is C25H21N3O3. The van der Waals surface area contributed by atoms with Crippen molar-refractivity contribution in [3.05, 3.63) is 102 Å². The van der Waals surface area contributed by atoms with E-state index in [-0.39, 0.29) is 6.15 Å². The minimum Gasteiger partial charge on any atom is -0.419 e. The van der Waals surface area contributed by atoms with Crippen molar-refractivity contribution in [2.24, 2.45) is 0 Å². The van der Waals surface area contributed by atoms with Crippen LogP contribution >= 0.6 is 0 Å². The number of aryl methyl sites for hydroxylation is 1. The van der Waals surface area contributed by atoms with Crippen LogP contribution in [0.4, 0.5) is 0 Å². The number of benzene rings is 2. The maximum Gasteiger partial charge on any atom is 0.373 e. The summed E-state index contributed by atoms with van der Waals surface area (Å²) in [5.74, 6) is 1.00. The number of allylic oxidation sites excluding steroid dienone is 1. The topological polar surface area (TPSA) is 85.9 Å². The van der Waals surface area contributed by atoms with E-state index in [0.29, 0.717) is 23.9 Å². The summed E-state index contributed by atoms with van der Waals surface area (Å²) in [6, 6.07) is 24.7. The van der Waals surface area contributed by atoms with Crippen LogP contribution < -0.4 is 0 Å². The summed E-state index contributed by atoms with van der Waals surface area (Å²) in [6.45, 7) is 6.11. The summed E-state index contributed by atoms with van der Waals surface area (Å²) in [5, 5.41) is 8.25. The van der Waals surface area contributed by atoms with Gasteiger partial charge in [-0.25, -0.2) is 4.98 Å². The van der Waals surface area contributed by atoms with Crippen molar-refractivity contribution in [2.75, 3.05) is 0 Å². The molecule has 0 amide bonds. The maximum atomic E-state index is 8.12. The average molecular weight is 411 g/mol. The van der Waals surface area contributed by atoms with E-state index in [2.05, 4.69) is 70.3 Å². The van der Waals surface area contributed by atoms with Gasteiger partial charge in [-0.15, -0.1) is 10.2 Å². The molecule has 4 aromatic rings. The molecule has 0 N–H and O–H groups in total. The number of rotatable bonds is 6. The molecule has 0 fully saturated rings. The molecule has 0 bridgehead atoms. The lowest BCUT2D eigenvalue weighted by Gasteiger charge is -2.06. The van der Waals surface area contributed by atoms with E-state index in [1.165, 1.54) is 16.7 Å². The fraction of sp³-hybridized carbons (Fsp3) is 0.120. The van der Waals surface area contributed by atoms with Crippen LogP contribution in [-0.4, -0.2) is 21.3 Å². The Balaban J connectivity index is 0.000000858. The zero-order valence-electron chi connectivity index (χ0n) is 17.1. The Morgan fingerprint density at radius 1 is 0.871 bits per heavy atom. The fourth-order valence-corrected chi connectivity index (χ4v) is 3.10. The highest BCUT2D eigenvalue weighted by Crippen LogP contribution is 2.21. The first-order valence-electron chi connectivity index (χ1n) is 9.65. The molecule has 2 heterocycles. The second kappa shape index (κ2) is 10.6. The Morgan fingerprint density at radius 2 is 1.55 bits per heavy atom. The Bertz CT molecular complexity index is 1180. The Morgan fingerprint density at radius 3 is 2.23 bits per heavy atom. The second-order valence-electron chi connectivity index (χ2n) is 6.91. The summed E-state index contributed by atoms with van der Waals surface area (Å²) in [7, 11) is 0. The fourth-order valence-electron chi connectivity index (χ4n) is 3.10. The van der Waals surface area contributed by atoms with Gasteiger partial charge in [0, 0.05) is 12.1 Å². The van der Waals surface area contributed by atoms with Gasteiger partial charge < -0.3 is 4.42 Å². The molecule has 2 aromatic carbocycles. The van der Waals surface area contributed by atoms with Crippen molar-refractivity contribution >= 4 is 6.15 Å². The van der Waals surface area contributed by atoms with Gasteiger partial charge in [0.1, 0.15) is 5.69 Å². The molecule has 4 rings (SSSR count). The first kappa shape index (κ1) is 21.6. The van der Waals surface area contributed by atoms with Crippen LogP contribution in [0.1, 0.15) is 17.1 Å². The molecule has 6 heteroatoms. The van der Waals surface area contributed by atoms with Crippen LogP contribution in [0.5, 0.6) is 0 Å². The first-order valence-corrected chi connectivity index (χ1v) is 9.65. The summed E-state index contributed by atoms with van der Waals surface area (Å²) in [4.78, 5) is 20.7. The average Bonchev–Trinajstić information content (AvgIpc) is 3.24. The van der Waals surface area contributed by atoms with Gasteiger partial charge in [-0.1, -0.05) is 72.8 Å². The monoisotopic (exact) mass is 411 g/mol. The van der Waals surface area contributed by atoms with Crippen LogP contribution in [0, 0.1) is 6.92 Å². The Kier molecular flexibility index (Phi) is 7.35. The summed E-state index contributed by atoms with van der Waals surface area (Å²) in [6.07, 6.45) is 1.58. The number of pyridine rings is 1. The van der Waals surface area contributed by atoms with E-state index in [9.17, 15) is 0 Å². The SMILES string of the molecule is C=C(Cc1ccc(-c2ccccc2)cc1)Cc1nnc(-c2cccc(C)n2)o1.O=C=O. The molecule has 31 heavy (non-hydrogen) atoms. The van der Waals surface area contributed by atoms with Crippen molar-refractivity contribution in [3.63, 3.8) is 0 Å². The molecule has 0 atom stereocenters. The third-order valence-electron chi connectivity index (χ3n) is 4.49. The molecular weight excluding hydrogens is 390 g/mol. The highest BCUT2D eigenvalue weighted by atomic mass is 16.4. The number of aromatic nitrogens is 3. The van der Waals surface area contributed by atoms with Crippen LogP contribution in [0.2, 0.25) is 0 Å². The second-order valence-corrected chi connectivity index (χ2v) is 6.91. The Hall–Kier alpha value is -4.15. The predicted molar refractivity (Wildman–Crippen MR) is 116 cm³/mol. The summed E-state index contributed by atoms with van der Waals surface area (Å²) >= 11 is 0. The normalized spacial score (nSPS) is 9.97. The van der Waals surface area contributed by atoms with E-state index in [1.54, 1.807) is 0 Å². The highest BCUT2D eigenvalue weighted by molar-refractivity contribution is 5.63. The van der Waals surface area contributed by atoms with Gasteiger partial charge in [0.2, 0.25) is 5.89 Å². The molecule has 6 nitrogen and oxygen atoms in total. The molecule has 0 saturated carbocycles. The lowest BCUT2D eigenvalue weighted by Crippen LogP contribution is -1.94. The first-order chi connectivity index (χ1) is 15.1. The smallest absolute Gasteiger partial charge is 0.373 e. The summed E-state index contributed by atoms with van der Waals surface area (Å²) < 4.78 is 5.76. The lowest BCUT2D eigenvalue weighted by atomic mass is 10.00. The summed E-state index contributed by atoms with van der Waals surface area (Å²) in [5.41, 5.74) is 6.28. The van der Waals surface area contributed by atoms with Crippen molar-refractivity contribution in [1.82, 2.24) is 15.2 Å². The van der Waals surface area contributed by atoms with Crippen molar-refractivity contribution in [3.8, 4) is 22.7 Å². The van der Waals surface area contributed by atoms with Crippen molar-refractivity contribution in [2.45, 2.75) is 19.8 Å². The number of hydrogen-bond donors (Lipinski definition) is 0. The van der Waals surface area contributed by atoms with Gasteiger partial charge in [-0.3, -0.25) is 0 Å². The van der Waals surface area contributed by atoms with Crippen LogP contribution in [0.3, 0.4) is 0 Å². The highest BCUT2D eigenvalue weighted by Gasteiger charge is 2.11. The van der Waals surface area contributed by atoms with Crippen molar-refractivity contribution in [1.29, 1.82) is 0 Å². The van der Waals surface area contributed by atoms with Gasteiger partial charge in [0.25, 0.3) is 5.89 Å². The zero-order valence-corrected chi connectivity index (χ0v) is 17.1. The Labute approximate surface area is 180 Å². The van der Waals surface area contributed by atoms with Crippen LogP contribution in [0.15, 0.2) is 89.4 Å². The van der Waals surface area contributed by atoms with Crippen LogP contribution in [-0.2, 0) is 22.4 Å². The van der Waals surface area contributed by atoms with E-state index >= 15 is 0 Å². The molecule has 0 radical (unpaired) electrons. The van der Waals surface area contributed by atoms with Crippen LogP contribution in [0.25, 0.3) is 22.7 Å². The van der Waals surface area contributed by atoms with Gasteiger partial charge in [-0.05, 0) is 42.2 Å². The van der Waals surface area contributed by atoms with Gasteiger partial charge >= 0.3 is 6.15 Å². The molecule has 0 unspecified atom stereocenters. The van der Waals surface area contributed by atoms with Gasteiger partial charge in [0.15, 0.2) is 0 Å². The van der Waals surface area contributed by atoms with E-state index in [4.69, 9.17) is 14.0 Å². The quantitative estimate of drug-likeness (QED) is 0.421. The molecule has 0 saturated heterocycles. The standard InChI is InChI=1S/C24H21N3O.CO2/c1-17(15-19-11-13-21(14-12-19)20-8-4-3-5-9-20)16-23-26-27-24(28-23)22-10-6-7-18(2)25-22;2-1-3/h3-14H,1,15-16H2,2H3;. The molecule has 0 spiro atoms. The maximum absolute atomic E-state index is 8.12. The molecule has 0 aliphatic carbocycles. The number of nitrogens with zero attached hydrogens (tertiary/aromatic N) is 3. The predicted octanol–water partition coefficient (Wildman–Crippen LogP) is 4.86. The third-order valence-corrected chi connectivity index (χ3v) is 4.49. The minimum atomic E-state index is 0.250. The molecule has 0 aliphatic rings. The molecule has 2 aromatic heterocycles. The zero-order chi connectivity index (χ0) is 22.1. The number of carbonyl (C=O) groups excluding carboxylic acids is 2. The van der Waals surface area contributed by atoms with E-state index in [1.807, 2.05) is 31.2 Å². The van der Waals surface area contributed by atoms with E-state index in [0.717, 1.165) is 17.7 Å². The molecule has 0 aliphatic heterocycles. The van der Waals surface area contributed by atoms with Gasteiger partial charge in [-0.2, -0.15) is 9.59 Å². The molecule has 154 valence electrons. The van der Waals surface area contributed by atoms with Gasteiger partial charge in [0.05, 0.1) is 0 Å². The number of hydrogen-bond acceptors (Lipinski definition) is 6. The van der Waals surface area contributed by atoms with E-state index < -0.39 is 0 Å². The third kappa shape index (κ3) is 6.16. The van der Waals surface area contributed by atoms with Crippen molar-refractivity contribution < 1.29 is 14.0 Å². The lowest BCUT2D eigenvalue weighted by molar-refractivity contribution is -0.191. The minimum absolute atomic E-state index is 0.250.